The zero-order valence-electron chi connectivity index (χ0n) is 9.71. The molecule has 0 saturated carbocycles. The van der Waals surface area contributed by atoms with E-state index in [1.54, 1.807) is 13.1 Å². The molecule has 2 rings (SSSR count). The molecule has 1 atom stereocenters. The Morgan fingerprint density at radius 2 is 2.12 bits per heavy atom. The van der Waals surface area contributed by atoms with Crippen LogP contribution in [0.1, 0.15) is 18.1 Å². The molecule has 0 radical (unpaired) electrons. The molecule has 5 heteroatoms. The summed E-state index contributed by atoms with van der Waals surface area (Å²) in [5, 5.41) is 0. The SMILES string of the molecule is CC(N)C(F)(F)c1ccc2c(c1)CC(=O)N2C. The zero-order chi connectivity index (χ0) is 12.8. The topological polar surface area (TPSA) is 46.3 Å². The fraction of sp³-hybridized carbons (Fsp3) is 0.417. The normalized spacial score (nSPS) is 17.2. The van der Waals surface area contributed by atoms with E-state index in [9.17, 15) is 13.6 Å². The van der Waals surface area contributed by atoms with Gasteiger partial charge >= 0.3 is 0 Å². The number of carbonyl (C=O) groups is 1. The second-order valence-corrected chi connectivity index (χ2v) is 4.38. The van der Waals surface area contributed by atoms with E-state index < -0.39 is 12.0 Å². The van der Waals surface area contributed by atoms with E-state index in [1.807, 2.05) is 0 Å². The maximum Gasteiger partial charge on any atom is 0.287 e. The summed E-state index contributed by atoms with van der Waals surface area (Å²) in [4.78, 5) is 12.9. The summed E-state index contributed by atoms with van der Waals surface area (Å²) in [6.07, 6.45) is 0.175. The minimum Gasteiger partial charge on any atom is -0.323 e. The lowest BCUT2D eigenvalue weighted by Gasteiger charge is -2.21. The molecule has 1 unspecified atom stereocenters. The first-order chi connectivity index (χ1) is 7.84. The van der Waals surface area contributed by atoms with Crippen molar-refractivity contribution in [3.63, 3.8) is 0 Å². The van der Waals surface area contributed by atoms with E-state index >= 15 is 0 Å². The third-order valence-electron chi connectivity index (χ3n) is 3.11. The van der Waals surface area contributed by atoms with Crippen molar-refractivity contribution in [2.45, 2.75) is 25.3 Å². The number of carbonyl (C=O) groups excluding carboxylic acids is 1. The van der Waals surface area contributed by atoms with Gasteiger partial charge in [-0.1, -0.05) is 6.07 Å². The molecule has 0 aromatic heterocycles. The summed E-state index contributed by atoms with van der Waals surface area (Å²) in [6.45, 7) is 1.27. The Hall–Kier alpha value is -1.49. The van der Waals surface area contributed by atoms with E-state index in [0.717, 1.165) is 0 Å². The Labute approximate surface area is 98.2 Å². The van der Waals surface area contributed by atoms with E-state index in [4.69, 9.17) is 5.73 Å². The Morgan fingerprint density at radius 1 is 1.47 bits per heavy atom. The van der Waals surface area contributed by atoms with Gasteiger partial charge in [-0.3, -0.25) is 4.79 Å². The molecule has 1 aliphatic rings. The first kappa shape index (κ1) is 12.0. The fourth-order valence-electron chi connectivity index (χ4n) is 1.94. The summed E-state index contributed by atoms with van der Waals surface area (Å²) in [7, 11) is 1.64. The molecule has 1 aromatic carbocycles. The van der Waals surface area contributed by atoms with Crippen LogP contribution in [0.15, 0.2) is 18.2 Å². The number of amides is 1. The van der Waals surface area contributed by atoms with Crippen molar-refractivity contribution >= 4 is 11.6 Å². The number of likely N-dealkylation sites (N-methyl/N-ethyl adjacent to an activating group) is 1. The van der Waals surface area contributed by atoms with Crippen LogP contribution in [-0.2, 0) is 17.1 Å². The quantitative estimate of drug-likeness (QED) is 0.854. The summed E-state index contributed by atoms with van der Waals surface area (Å²) >= 11 is 0. The van der Waals surface area contributed by atoms with Gasteiger partial charge in [-0.15, -0.1) is 0 Å². The van der Waals surface area contributed by atoms with Crippen molar-refractivity contribution in [1.82, 2.24) is 0 Å². The van der Waals surface area contributed by atoms with Crippen LogP contribution in [0, 0.1) is 0 Å². The van der Waals surface area contributed by atoms with Crippen molar-refractivity contribution in [2.75, 3.05) is 11.9 Å². The molecular formula is C12H14F2N2O. The minimum atomic E-state index is -3.07. The van der Waals surface area contributed by atoms with Crippen molar-refractivity contribution in [3.05, 3.63) is 29.3 Å². The lowest BCUT2D eigenvalue weighted by molar-refractivity contribution is -0.117. The highest BCUT2D eigenvalue weighted by Crippen LogP contribution is 2.36. The summed E-state index contributed by atoms with van der Waals surface area (Å²) in [6, 6.07) is 3.00. The van der Waals surface area contributed by atoms with Crippen molar-refractivity contribution < 1.29 is 13.6 Å². The van der Waals surface area contributed by atoms with E-state index in [1.165, 1.54) is 24.0 Å². The molecule has 1 amide bonds. The highest BCUT2D eigenvalue weighted by Gasteiger charge is 2.37. The highest BCUT2D eigenvalue weighted by atomic mass is 19.3. The lowest BCUT2D eigenvalue weighted by Crippen LogP contribution is -2.35. The van der Waals surface area contributed by atoms with Crippen LogP contribution in [-0.4, -0.2) is 19.0 Å². The van der Waals surface area contributed by atoms with Gasteiger partial charge in [0.25, 0.3) is 5.92 Å². The first-order valence-electron chi connectivity index (χ1n) is 5.37. The van der Waals surface area contributed by atoms with Gasteiger partial charge in [0, 0.05) is 18.3 Å². The third kappa shape index (κ3) is 1.80. The van der Waals surface area contributed by atoms with Crippen LogP contribution in [0.4, 0.5) is 14.5 Å². The molecule has 17 heavy (non-hydrogen) atoms. The average Bonchev–Trinajstić information content (AvgIpc) is 2.54. The van der Waals surface area contributed by atoms with E-state index in [0.29, 0.717) is 11.3 Å². The molecule has 0 bridgehead atoms. The number of nitrogens with zero attached hydrogens (tertiary/aromatic N) is 1. The van der Waals surface area contributed by atoms with Crippen molar-refractivity contribution in [1.29, 1.82) is 0 Å². The predicted molar refractivity (Wildman–Crippen MR) is 61.1 cm³/mol. The third-order valence-corrected chi connectivity index (χ3v) is 3.11. The van der Waals surface area contributed by atoms with Crippen LogP contribution < -0.4 is 10.6 Å². The Kier molecular flexibility index (Phi) is 2.66. The molecule has 3 nitrogen and oxygen atoms in total. The first-order valence-corrected chi connectivity index (χ1v) is 5.37. The zero-order valence-corrected chi connectivity index (χ0v) is 9.71. The number of fused-ring (bicyclic) bond motifs is 1. The average molecular weight is 240 g/mol. The standard InChI is InChI=1S/C12H14F2N2O/c1-7(15)12(13,14)9-3-4-10-8(5-9)6-11(17)16(10)2/h3-5,7H,6,15H2,1-2H3. The van der Waals surface area contributed by atoms with Gasteiger partial charge in [0.1, 0.15) is 0 Å². The van der Waals surface area contributed by atoms with Crippen LogP contribution in [0.5, 0.6) is 0 Å². The number of nitrogens with two attached hydrogens (primary N) is 1. The van der Waals surface area contributed by atoms with Crippen molar-refractivity contribution in [3.8, 4) is 0 Å². The highest BCUT2D eigenvalue weighted by molar-refractivity contribution is 6.00. The largest absolute Gasteiger partial charge is 0.323 e. The second kappa shape index (κ2) is 3.77. The van der Waals surface area contributed by atoms with E-state index in [2.05, 4.69) is 0 Å². The second-order valence-electron chi connectivity index (χ2n) is 4.38. The molecule has 1 aromatic rings. The van der Waals surface area contributed by atoms with Gasteiger partial charge < -0.3 is 10.6 Å². The fourth-order valence-corrected chi connectivity index (χ4v) is 1.94. The number of anilines is 1. The lowest BCUT2D eigenvalue weighted by atomic mass is 9.99. The number of hydrogen-bond donors (Lipinski definition) is 1. The number of alkyl halides is 2. The summed E-state index contributed by atoms with van der Waals surface area (Å²) in [5.74, 6) is -3.15. The maximum atomic E-state index is 13.7. The summed E-state index contributed by atoms with van der Waals surface area (Å²) in [5.41, 5.74) is 6.47. The number of hydrogen-bond acceptors (Lipinski definition) is 2. The Balaban J connectivity index is 2.43. The number of halogens is 2. The van der Waals surface area contributed by atoms with Crippen molar-refractivity contribution in [2.24, 2.45) is 5.73 Å². The molecule has 0 aliphatic carbocycles. The van der Waals surface area contributed by atoms with Crippen LogP contribution in [0.25, 0.3) is 0 Å². The monoisotopic (exact) mass is 240 g/mol. The molecule has 1 heterocycles. The molecule has 0 fully saturated rings. The molecule has 1 aliphatic heterocycles. The van der Waals surface area contributed by atoms with Gasteiger partial charge in [-0.2, -0.15) is 8.78 Å². The smallest absolute Gasteiger partial charge is 0.287 e. The van der Waals surface area contributed by atoms with Gasteiger partial charge in [-0.05, 0) is 24.6 Å². The molecule has 0 saturated heterocycles. The molecule has 92 valence electrons. The Morgan fingerprint density at radius 3 is 2.71 bits per heavy atom. The molecule has 0 spiro atoms. The van der Waals surface area contributed by atoms with Gasteiger partial charge in [-0.25, -0.2) is 0 Å². The van der Waals surface area contributed by atoms with Gasteiger partial charge in [0.2, 0.25) is 5.91 Å². The Bertz CT molecular complexity index is 472. The van der Waals surface area contributed by atoms with Crippen LogP contribution >= 0.6 is 0 Å². The van der Waals surface area contributed by atoms with Crippen LogP contribution in [0.2, 0.25) is 0 Å². The maximum absolute atomic E-state index is 13.7. The molecule has 2 N–H and O–H groups in total. The predicted octanol–water partition coefficient (Wildman–Crippen LogP) is 1.64. The van der Waals surface area contributed by atoms with Crippen LogP contribution in [0.3, 0.4) is 0 Å². The number of benzene rings is 1. The number of rotatable bonds is 2. The van der Waals surface area contributed by atoms with E-state index in [-0.39, 0.29) is 17.9 Å². The van der Waals surface area contributed by atoms with Gasteiger partial charge in [0.05, 0.1) is 12.5 Å². The molecular weight excluding hydrogens is 226 g/mol. The summed E-state index contributed by atoms with van der Waals surface area (Å²) < 4.78 is 27.4. The van der Waals surface area contributed by atoms with Gasteiger partial charge in [0.15, 0.2) is 0 Å². The minimum absolute atomic E-state index is 0.0822.